The summed E-state index contributed by atoms with van der Waals surface area (Å²) in [6.07, 6.45) is 2.60. The Balaban J connectivity index is 2.32. The number of methoxy groups -OCH3 is 1. The van der Waals surface area contributed by atoms with Crippen molar-refractivity contribution in [2.24, 2.45) is 0 Å². The first kappa shape index (κ1) is 21.0. The number of nitrogens with zero attached hydrogens (tertiary/aromatic N) is 2. The molecule has 0 radical (unpaired) electrons. The minimum Gasteiger partial charge on any atom is -0.375 e. The van der Waals surface area contributed by atoms with Gasteiger partial charge in [-0.2, -0.15) is 0 Å². The summed E-state index contributed by atoms with van der Waals surface area (Å²) in [5, 5.41) is 0.824. The van der Waals surface area contributed by atoms with E-state index in [4.69, 9.17) is 27.9 Å². The predicted molar refractivity (Wildman–Crippen MR) is 101 cm³/mol. The maximum atomic E-state index is 13.5. The molecule has 0 saturated carbocycles. The molecule has 2 rings (SSSR count). The number of halogens is 4. The summed E-state index contributed by atoms with van der Waals surface area (Å²) in [6, 6.07) is 3.52. The fourth-order valence-electron chi connectivity index (χ4n) is 2.71. The average Bonchev–Trinajstić information content (AvgIpc) is 2.50. The van der Waals surface area contributed by atoms with Gasteiger partial charge in [0, 0.05) is 49.8 Å². The molecule has 2 aromatic rings. The van der Waals surface area contributed by atoms with Crippen molar-refractivity contribution in [2.45, 2.75) is 39.0 Å². The number of ether oxygens (including phenoxy) is 1. The molecule has 7 heteroatoms. The highest BCUT2D eigenvalue weighted by molar-refractivity contribution is 6.35. The van der Waals surface area contributed by atoms with Crippen LogP contribution >= 0.6 is 23.2 Å². The second kappa shape index (κ2) is 8.61. The first-order chi connectivity index (χ1) is 12.1. The van der Waals surface area contributed by atoms with Crippen LogP contribution in [0.15, 0.2) is 30.6 Å². The highest BCUT2D eigenvalue weighted by Crippen LogP contribution is 2.33. The van der Waals surface area contributed by atoms with Gasteiger partial charge in [0.15, 0.2) is 0 Å². The quantitative estimate of drug-likeness (QED) is 0.623. The lowest BCUT2D eigenvalue weighted by Gasteiger charge is -2.38. The molecular weight excluding hydrogens is 381 g/mol. The van der Waals surface area contributed by atoms with E-state index in [0.29, 0.717) is 34.3 Å². The Kier molecular flexibility index (Phi) is 6.97. The molecule has 26 heavy (non-hydrogen) atoms. The minimum atomic E-state index is -0.600. The third-order valence-electron chi connectivity index (χ3n) is 4.13. The van der Waals surface area contributed by atoms with E-state index in [1.54, 1.807) is 7.11 Å². The fraction of sp³-hybridized carbons (Fsp3) is 0.421. The third kappa shape index (κ3) is 5.36. The van der Waals surface area contributed by atoms with Gasteiger partial charge in [-0.15, -0.1) is 0 Å². The lowest BCUT2D eigenvalue weighted by atomic mass is 10.0. The number of benzene rings is 1. The summed E-state index contributed by atoms with van der Waals surface area (Å²) in [5.41, 5.74) is 0.899. The first-order valence-electron chi connectivity index (χ1n) is 8.13. The summed E-state index contributed by atoms with van der Waals surface area (Å²) < 4.78 is 32.7. The van der Waals surface area contributed by atoms with Crippen LogP contribution in [0.2, 0.25) is 10.0 Å². The zero-order chi connectivity index (χ0) is 19.5. The van der Waals surface area contributed by atoms with Crippen LogP contribution in [0.1, 0.15) is 38.0 Å². The summed E-state index contributed by atoms with van der Waals surface area (Å²) >= 11 is 12.5. The second-order valence-corrected chi connectivity index (χ2v) is 7.88. The Morgan fingerprint density at radius 2 is 1.62 bits per heavy atom. The van der Waals surface area contributed by atoms with Gasteiger partial charge in [-0.3, -0.25) is 9.88 Å². The largest absolute Gasteiger partial charge is 0.375 e. The Morgan fingerprint density at radius 3 is 2.08 bits per heavy atom. The maximum Gasteiger partial charge on any atom is 0.126 e. The van der Waals surface area contributed by atoms with E-state index in [1.807, 2.05) is 20.8 Å². The van der Waals surface area contributed by atoms with E-state index in [2.05, 4.69) is 9.88 Å². The molecule has 1 unspecified atom stereocenters. The Labute approximate surface area is 162 Å². The molecule has 0 bridgehead atoms. The SMILES string of the molecule is COC(CN(Cc1cc(F)cc(F)c1)C(C)(C)C)c1c(Cl)cncc1Cl. The summed E-state index contributed by atoms with van der Waals surface area (Å²) in [6.45, 7) is 6.83. The van der Waals surface area contributed by atoms with Crippen molar-refractivity contribution in [3.05, 3.63) is 63.4 Å². The maximum absolute atomic E-state index is 13.5. The van der Waals surface area contributed by atoms with Gasteiger partial charge in [0.1, 0.15) is 11.6 Å². The van der Waals surface area contributed by atoms with Crippen LogP contribution in [0.3, 0.4) is 0 Å². The van der Waals surface area contributed by atoms with Crippen molar-refractivity contribution in [3.8, 4) is 0 Å². The monoisotopic (exact) mass is 402 g/mol. The summed E-state index contributed by atoms with van der Waals surface area (Å²) in [4.78, 5) is 6.02. The van der Waals surface area contributed by atoms with Crippen molar-refractivity contribution in [1.82, 2.24) is 9.88 Å². The van der Waals surface area contributed by atoms with E-state index >= 15 is 0 Å². The van der Waals surface area contributed by atoms with E-state index in [9.17, 15) is 8.78 Å². The molecule has 0 amide bonds. The Hall–Kier alpha value is -1.27. The predicted octanol–water partition coefficient (Wildman–Crippen LogP) is 5.65. The van der Waals surface area contributed by atoms with Gasteiger partial charge in [-0.05, 0) is 38.5 Å². The molecule has 1 aromatic heterocycles. The van der Waals surface area contributed by atoms with Crippen LogP contribution in [-0.2, 0) is 11.3 Å². The number of hydrogen-bond donors (Lipinski definition) is 0. The van der Waals surface area contributed by atoms with Crippen molar-refractivity contribution in [3.63, 3.8) is 0 Å². The van der Waals surface area contributed by atoms with Crippen LogP contribution in [0, 0.1) is 11.6 Å². The summed E-state index contributed by atoms with van der Waals surface area (Å²) in [7, 11) is 1.57. The number of aromatic nitrogens is 1. The van der Waals surface area contributed by atoms with Gasteiger partial charge in [0.05, 0.1) is 16.1 Å². The Bertz CT molecular complexity index is 725. The fourth-order valence-corrected chi connectivity index (χ4v) is 3.32. The molecule has 0 saturated heterocycles. The lowest BCUT2D eigenvalue weighted by molar-refractivity contribution is 0.0242. The molecule has 3 nitrogen and oxygen atoms in total. The van der Waals surface area contributed by atoms with Crippen LogP contribution < -0.4 is 0 Å². The second-order valence-electron chi connectivity index (χ2n) is 7.07. The highest BCUT2D eigenvalue weighted by atomic mass is 35.5. The molecular formula is C19H22Cl2F2N2O. The molecule has 0 aliphatic rings. The normalized spacial score (nSPS) is 13.3. The van der Waals surface area contributed by atoms with Crippen LogP contribution in [0.5, 0.6) is 0 Å². The number of pyridine rings is 1. The zero-order valence-electron chi connectivity index (χ0n) is 15.2. The van der Waals surface area contributed by atoms with Gasteiger partial charge < -0.3 is 4.74 Å². The Morgan fingerprint density at radius 1 is 1.08 bits per heavy atom. The van der Waals surface area contributed by atoms with Gasteiger partial charge in [-0.25, -0.2) is 8.78 Å². The molecule has 0 spiro atoms. The molecule has 1 heterocycles. The lowest BCUT2D eigenvalue weighted by Crippen LogP contribution is -2.43. The van der Waals surface area contributed by atoms with E-state index in [1.165, 1.54) is 24.5 Å². The molecule has 0 aliphatic carbocycles. The third-order valence-corrected chi connectivity index (χ3v) is 4.73. The molecule has 1 aromatic carbocycles. The van der Waals surface area contributed by atoms with Crippen molar-refractivity contribution < 1.29 is 13.5 Å². The van der Waals surface area contributed by atoms with Gasteiger partial charge in [0.2, 0.25) is 0 Å². The van der Waals surface area contributed by atoms with Gasteiger partial charge >= 0.3 is 0 Å². The molecule has 0 N–H and O–H groups in total. The molecule has 0 fully saturated rings. The summed E-state index contributed by atoms with van der Waals surface area (Å²) in [5.74, 6) is -1.20. The van der Waals surface area contributed by atoms with Crippen LogP contribution in [-0.4, -0.2) is 29.1 Å². The van der Waals surface area contributed by atoms with Gasteiger partial charge in [0.25, 0.3) is 0 Å². The highest BCUT2D eigenvalue weighted by Gasteiger charge is 2.28. The standard InChI is InChI=1S/C19H22Cl2F2N2O/c1-19(2,3)25(10-12-5-13(22)7-14(23)6-12)11-17(26-4)18-15(20)8-24-9-16(18)21/h5-9,17H,10-11H2,1-4H3. The van der Waals surface area contributed by atoms with Crippen molar-refractivity contribution in [1.29, 1.82) is 0 Å². The topological polar surface area (TPSA) is 25.4 Å². The van der Waals surface area contributed by atoms with Crippen molar-refractivity contribution in [2.75, 3.05) is 13.7 Å². The van der Waals surface area contributed by atoms with Gasteiger partial charge in [-0.1, -0.05) is 23.2 Å². The smallest absolute Gasteiger partial charge is 0.126 e. The minimum absolute atomic E-state index is 0.286. The number of rotatable bonds is 6. The molecule has 0 aliphatic heterocycles. The van der Waals surface area contributed by atoms with E-state index in [0.717, 1.165) is 6.07 Å². The first-order valence-corrected chi connectivity index (χ1v) is 8.89. The van der Waals surface area contributed by atoms with E-state index in [-0.39, 0.29) is 5.54 Å². The number of hydrogen-bond acceptors (Lipinski definition) is 3. The van der Waals surface area contributed by atoms with Crippen LogP contribution in [0.25, 0.3) is 0 Å². The molecule has 142 valence electrons. The van der Waals surface area contributed by atoms with Crippen LogP contribution in [0.4, 0.5) is 8.78 Å². The zero-order valence-corrected chi connectivity index (χ0v) is 16.7. The van der Waals surface area contributed by atoms with Crippen molar-refractivity contribution >= 4 is 23.2 Å². The molecule has 1 atom stereocenters. The van der Waals surface area contributed by atoms with E-state index < -0.39 is 17.7 Å². The average molecular weight is 403 g/mol.